The van der Waals surface area contributed by atoms with Crippen molar-refractivity contribution >= 4 is 15.7 Å². The van der Waals surface area contributed by atoms with Gasteiger partial charge in [-0.2, -0.15) is 13.2 Å². The van der Waals surface area contributed by atoms with Gasteiger partial charge in [-0.15, -0.1) is 0 Å². The van der Waals surface area contributed by atoms with E-state index in [0.717, 1.165) is 4.90 Å². The summed E-state index contributed by atoms with van der Waals surface area (Å²) >= 11 is 0. The summed E-state index contributed by atoms with van der Waals surface area (Å²) < 4.78 is 63.1. The summed E-state index contributed by atoms with van der Waals surface area (Å²) in [6.45, 7) is 0.535. The highest BCUT2D eigenvalue weighted by Gasteiger charge is 2.33. The Kier molecular flexibility index (Phi) is 7.23. The number of carbonyl (C=O) groups is 1. The average Bonchev–Trinajstić information content (AvgIpc) is 2.65. The molecule has 0 N–H and O–H groups in total. The van der Waals surface area contributed by atoms with Crippen LogP contribution in [0, 0.1) is 0 Å². The van der Waals surface area contributed by atoms with Gasteiger partial charge in [0.15, 0.2) is 9.84 Å². The van der Waals surface area contributed by atoms with E-state index in [1.807, 2.05) is 6.92 Å². The second kappa shape index (κ2) is 9.23. The molecule has 2 aromatic rings. The molecule has 0 saturated heterocycles. The van der Waals surface area contributed by atoms with Gasteiger partial charge in [-0.05, 0) is 36.2 Å². The maximum Gasteiger partial charge on any atom is 0.406 e. The topological polar surface area (TPSA) is 54.5 Å². The number of nitrogens with zero attached hydrogens (tertiary/aromatic N) is 1. The largest absolute Gasteiger partial charge is 0.406 e. The summed E-state index contributed by atoms with van der Waals surface area (Å²) in [5, 5.41) is 0. The first-order valence-electron chi connectivity index (χ1n) is 8.85. The van der Waals surface area contributed by atoms with Crippen LogP contribution in [0.1, 0.15) is 35.7 Å². The second-order valence-electron chi connectivity index (χ2n) is 6.46. The standard InChI is InChI=1S/C20H22F3NO3S/c1-2-3-13-24(15-20(21,22)23)19(25)17-11-9-16(10-12-17)14-28(26,27)18-7-5-4-6-8-18/h4-12H,2-3,13-15H2,1H3. The highest BCUT2D eigenvalue weighted by molar-refractivity contribution is 7.90. The van der Waals surface area contributed by atoms with E-state index >= 15 is 0 Å². The minimum atomic E-state index is -4.48. The molecule has 0 saturated carbocycles. The maximum atomic E-state index is 12.8. The smallest absolute Gasteiger partial charge is 0.330 e. The lowest BCUT2D eigenvalue weighted by Gasteiger charge is -2.24. The fraction of sp³-hybridized carbons (Fsp3) is 0.350. The molecule has 0 heterocycles. The molecule has 2 rings (SSSR count). The lowest BCUT2D eigenvalue weighted by atomic mass is 10.1. The first-order valence-corrected chi connectivity index (χ1v) is 10.5. The molecular weight excluding hydrogens is 391 g/mol. The van der Waals surface area contributed by atoms with Crippen molar-refractivity contribution < 1.29 is 26.4 Å². The van der Waals surface area contributed by atoms with E-state index in [4.69, 9.17) is 0 Å². The van der Waals surface area contributed by atoms with Crippen LogP contribution in [-0.2, 0) is 15.6 Å². The SMILES string of the molecule is CCCCN(CC(F)(F)F)C(=O)c1ccc(CS(=O)(=O)c2ccccc2)cc1. The number of unbranched alkanes of at least 4 members (excludes halogenated alkanes) is 1. The number of carbonyl (C=O) groups excluding carboxylic acids is 1. The first-order chi connectivity index (χ1) is 13.1. The van der Waals surface area contributed by atoms with E-state index in [-0.39, 0.29) is 22.8 Å². The zero-order chi connectivity index (χ0) is 20.8. The summed E-state index contributed by atoms with van der Waals surface area (Å²) in [4.78, 5) is 13.4. The van der Waals surface area contributed by atoms with E-state index in [1.54, 1.807) is 18.2 Å². The third kappa shape index (κ3) is 6.37. The van der Waals surface area contributed by atoms with Crippen molar-refractivity contribution in [2.24, 2.45) is 0 Å². The Hall–Kier alpha value is -2.35. The van der Waals surface area contributed by atoms with Crippen molar-refractivity contribution in [3.63, 3.8) is 0 Å². The van der Waals surface area contributed by atoms with Gasteiger partial charge in [0.2, 0.25) is 0 Å². The normalized spacial score (nSPS) is 12.0. The van der Waals surface area contributed by atoms with Crippen molar-refractivity contribution in [3.8, 4) is 0 Å². The van der Waals surface area contributed by atoms with E-state index in [1.165, 1.54) is 36.4 Å². The molecule has 0 aromatic heterocycles. The summed E-state index contributed by atoms with van der Waals surface area (Å²) in [7, 11) is -3.54. The van der Waals surface area contributed by atoms with Crippen LogP contribution >= 0.6 is 0 Å². The van der Waals surface area contributed by atoms with Gasteiger partial charge in [0.25, 0.3) is 5.91 Å². The molecule has 0 aliphatic rings. The molecule has 1 amide bonds. The van der Waals surface area contributed by atoms with Crippen LogP contribution in [0.15, 0.2) is 59.5 Å². The quantitative estimate of drug-likeness (QED) is 0.642. The van der Waals surface area contributed by atoms with Gasteiger partial charge in [-0.3, -0.25) is 4.79 Å². The molecule has 152 valence electrons. The molecule has 0 unspecified atom stereocenters. The molecule has 8 heteroatoms. The molecule has 0 spiro atoms. The number of hydrogen-bond acceptors (Lipinski definition) is 3. The Morgan fingerprint density at radius 2 is 1.61 bits per heavy atom. The number of hydrogen-bond donors (Lipinski definition) is 0. The van der Waals surface area contributed by atoms with Crippen molar-refractivity contribution in [1.29, 1.82) is 0 Å². The molecule has 0 aliphatic carbocycles. The Labute approximate surface area is 162 Å². The van der Waals surface area contributed by atoms with Gasteiger partial charge in [0.1, 0.15) is 6.54 Å². The van der Waals surface area contributed by atoms with Crippen molar-refractivity contribution in [1.82, 2.24) is 4.90 Å². The van der Waals surface area contributed by atoms with Crippen LogP contribution in [0.3, 0.4) is 0 Å². The lowest BCUT2D eigenvalue weighted by molar-refractivity contribution is -0.140. The predicted octanol–water partition coefficient (Wildman–Crippen LogP) is 4.47. The Morgan fingerprint density at radius 1 is 1.00 bits per heavy atom. The number of amides is 1. The van der Waals surface area contributed by atoms with Crippen LogP contribution in [-0.4, -0.2) is 38.5 Å². The highest BCUT2D eigenvalue weighted by atomic mass is 32.2. The van der Waals surface area contributed by atoms with Gasteiger partial charge in [0.05, 0.1) is 10.6 Å². The summed E-state index contributed by atoms with van der Waals surface area (Å²) in [6.07, 6.45) is -3.35. The first kappa shape index (κ1) is 21.9. The molecule has 0 aliphatic heterocycles. The predicted molar refractivity (Wildman–Crippen MR) is 101 cm³/mol. The molecule has 2 aromatic carbocycles. The van der Waals surface area contributed by atoms with Crippen LogP contribution < -0.4 is 0 Å². The van der Waals surface area contributed by atoms with Crippen LogP contribution in [0.25, 0.3) is 0 Å². The summed E-state index contributed by atoms with van der Waals surface area (Å²) in [5.41, 5.74) is 0.553. The molecule has 4 nitrogen and oxygen atoms in total. The minimum absolute atomic E-state index is 0.0129. The number of rotatable bonds is 8. The van der Waals surface area contributed by atoms with Crippen LogP contribution in [0.2, 0.25) is 0 Å². The number of halogens is 3. The molecule has 28 heavy (non-hydrogen) atoms. The fourth-order valence-electron chi connectivity index (χ4n) is 2.67. The lowest BCUT2D eigenvalue weighted by Crippen LogP contribution is -2.39. The molecule has 0 radical (unpaired) electrons. The minimum Gasteiger partial charge on any atom is -0.330 e. The van der Waals surface area contributed by atoms with Crippen molar-refractivity contribution in [3.05, 3.63) is 65.7 Å². The Balaban J connectivity index is 2.14. The van der Waals surface area contributed by atoms with Gasteiger partial charge in [-0.25, -0.2) is 8.42 Å². The molecule has 0 fully saturated rings. The van der Waals surface area contributed by atoms with Crippen LogP contribution in [0.4, 0.5) is 13.2 Å². The average molecular weight is 413 g/mol. The third-order valence-corrected chi connectivity index (χ3v) is 5.80. The van der Waals surface area contributed by atoms with E-state index < -0.39 is 28.5 Å². The fourth-order valence-corrected chi connectivity index (χ4v) is 4.04. The van der Waals surface area contributed by atoms with Crippen LogP contribution in [0.5, 0.6) is 0 Å². The van der Waals surface area contributed by atoms with E-state index in [2.05, 4.69) is 0 Å². The summed E-state index contributed by atoms with van der Waals surface area (Å²) in [5.74, 6) is -0.976. The van der Waals surface area contributed by atoms with Gasteiger partial charge < -0.3 is 4.90 Å². The monoisotopic (exact) mass is 413 g/mol. The number of sulfone groups is 1. The highest BCUT2D eigenvalue weighted by Crippen LogP contribution is 2.20. The molecule has 0 bridgehead atoms. The zero-order valence-corrected chi connectivity index (χ0v) is 16.3. The molecule has 0 atom stereocenters. The Bertz CT molecular complexity index is 879. The van der Waals surface area contributed by atoms with Crippen molar-refractivity contribution in [2.45, 2.75) is 36.6 Å². The summed E-state index contributed by atoms with van der Waals surface area (Å²) in [6, 6.07) is 13.6. The van der Waals surface area contributed by atoms with Gasteiger partial charge in [0, 0.05) is 12.1 Å². The Morgan fingerprint density at radius 3 is 2.14 bits per heavy atom. The third-order valence-electron chi connectivity index (χ3n) is 4.10. The number of benzene rings is 2. The van der Waals surface area contributed by atoms with E-state index in [9.17, 15) is 26.4 Å². The van der Waals surface area contributed by atoms with Crippen molar-refractivity contribution in [2.75, 3.05) is 13.1 Å². The number of alkyl halides is 3. The second-order valence-corrected chi connectivity index (χ2v) is 8.45. The van der Waals surface area contributed by atoms with E-state index in [0.29, 0.717) is 18.4 Å². The maximum absolute atomic E-state index is 12.8. The van der Waals surface area contributed by atoms with Gasteiger partial charge in [-0.1, -0.05) is 43.7 Å². The molecular formula is C20H22F3NO3S. The zero-order valence-electron chi connectivity index (χ0n) is 15.4. The van der Waals surface area contributed by atoms with Gasteiger partial charge >= 0.3 is 6.18 Å².